The Morgan fingerprint density at radius 3 is 2.70 bits per heavy atom. The van der Waals surface area contributed by atoms with E-state index in [1.54, 1.807) is 26.0 Å². The van der Waals surface area contributed by atoms with E-state index in [0.717, 1.165) is 5.56 Å². The number of piperidine rings is 1. The largest absolute Gasteiger partial charge is 0.493 e. The molecule has 0 amide bonds. The van der Waals surface area contributed by atoms with Gasteiger partial charge in [0.1, 0.15) is 0 Å². The zero-order valence-corrected chi connectivity index (χ0v) is 14.1. The van der Waals surface area contributed by atoms with Crippen LogP contribution in [0.15, 0.2) is 12.1 Å². The van der Waals surface area contributed by atoms with Crippen LogP contribution in [0, 0.1) is 11.8 Å². The third-order valence-corrected chi connectivity index (χ3v) is 4.32. The minimum absolute atomic E-state index is 0.151. The van der Waals surface area contributed by atoms with Crippen molar-refractivity contribution in [1.29, 1.82) is 0 Å². The maximum Gasteiger partial charge on any atom is 0.161 e. The molecule has 1 aromatic rings. The molecule has 23 heavy (non-hydrogen) atoms. The molecule has 3 atom stereocenters. The highest BCUT2D eigenvalue weighted by atomic mass is 16.5. The lowest BCUT2D eigenvalue weighted by Crippen LogP contribution is -2.48. The number of rotatable bonds is 4. The number of hydrogen-bond donors (Lipinski definition) is 1. The molecule has 0 aromatic heterocycles. The molecule has 1 N–H and O–H groups in total. The van der Waals surface area contributed by atoms with Gasteiger partial charge in [-0.3, -0.25) is 4.90 Å². The van der Waals surface area contributed by atoms with Crippen molar-refractivity contribution in [2.45, 2.75) is 45.2 Å². The Balaban J connectivity index is 2.25. The normalized spacial score (nSPS) is 42.1. The number of methoxy groups -OCH3 is 2. The molecule has 2 heterocycles. The second kappa shape index (κ2) is 6.70. The average molecular weight is 325 g/mol. The maximum absolute atomic E-state index is 11.1. The lowest BCUT2D eigenvalue weighted by molar-refractivity contribution is -0.0191. The van der Waals surface area contributed by atoms with Crippen molar-refractivity contribution < 1.29 is 22.8 Å². The summed E-state index contributed by atoms with van der Waals surface area (Å²) in [4.78, 5) is 1.31. The van der Waals surface area contributed by atoms with Gasteiger partial charge in [0.05, 0.1) is 21.7 Å². The van der Waals surface area contributed by atoms with Crippen LogP contribution < -0.4 is 9.47 Å². The van der Waals surface area contributed by atoms with Crippen molar-refractivity contribution in [3.05, 3.63) is 23.3 Å². The van der Waals surface area contributed by atoms with Gasteiger partial charge in [0.25, 0.3) is 0 Å². The number of nitrogens with zero attached hydrogens (tertiary/aromatic N) is 1. The molecule has 1 saturated heterocycles. The quantitative estimate of drug-likeness (QED) is 0.924. The molecule has 128 valence electrons. The molecule has 0 radical (unpaired) electrons. The molecule has 3 rings (SSSR count). The van der Waals surface area contributed by atoms with Crippen LogP contribution in [0.3, 0.4) is 0 Å². The number of fused-ring (bicyclic) bond motifs is 3. The minimum atomic E-state index is -2.98. The van der Waals surface area contributed by atoms with Crippen LogP contribution in [0.4, 0.5) is 0 Å². The SMILES string of the molecule is [2H]C1([2H])C2c3cc(OC)c(OC)cc3CCN2C([2H])([2H])C([2H])(CC(C)C)C1([2H])O. The van der Waals surface area contributed by atoms with E-state index in [1.807, 2.05) is 0 Å². The van der Waals surface area contributed by atoms with E-state index in [2.05, 4.69) is 0 Å². The van der Waals surface area contributed by atoms with Crippen molar-refractivity contribution in [2.75, 3.05) is 27.3 Å². The van der Waals surface area contributed by atoms with Gasteiger partial charge in [-0.2, -0.15) is 0 Å². The summed E-state index contributed by atoms with van der Waals surface area (Å²) in [7, 11) is 2.96. The second-order valence-corrected chi connectivity index (χ2v) is 6.43. The van der Waals surface area contributed by atoms with Gasteiger partial charge in [-0.15, -0.1) is 0 Å². The highest BCUT2D eigenvalue weighted by Crippen LogP contribution is 2.43. The van der Waals surface area contributed by atoms with E-state index in [4.69, 9.17) is 17.7 Å². The van der Waals surface area contributed by atoms with Gasteiger partial charge in [0.15, 0.2) is 11.5 Å². The number of aliphatic hydroxyl groups is 1. The van der Waals surface area contributed by atoms with Gasteiger partial charge in [-0.05, 0) is 54.3 Å². The average Bonchev–Trinajstić information content (AvgIpc) is 2.63. The van der Waals surface area contributed by atoms with Crippen LogP contribution in [-0.2, 0) is 6.42 Å². The highest BCUT2D eigenvalue weighted by molar-refractivity contribution is 5.49. The fraction of sp³-hybridized carbons (Fsp3) is 0.684. The molecule has 0 bridgehead atoms. The first-order chi connectivity index (χ1) is 13.3. The van der Waals surface area contributed by atoms with Crippen LogP contribution in [0.5, 0.6) is 11.5 Å². The summed E-state index contributed by atoms with van der Waals surface area (Å²) in [5, 5.41) is 11.1. The lowest BCUT2D eigenvalue weighted by Gasteiger charge is -2.46. The van der Waals surface area contributed by atoms with Gasteiger partial charge in [-0.25, -0.2) is 0 Å². The molecule has 3 unspecified atom stereocenters. The summed E-state index contributed by atoms with van der Waals surface area (Å²) in [6.45, 7) is 1.28. The molecule has 2 aliphatic heterocycles. The Labute approximate surface area is 147 Å². The molecule has 0 saturated carbocycles. The number of ether oxygens (including phenoxy) is 2. The van der Waals surface area contributed by atoms with Crippen LogP contribution in [0.2, 0.25) is 0 Å². The molecule has 2 aliphatic rings. The Hall–Kier alpha value is -1.26. The third kappa shape index (κ3) is 3.20. The molecular weight excluding hydrogens is 290 g/mol. The summed E-state index contributed by atoms with van der Waals surface area (Å²) in [6, 6.07) is 2.08. The zero-order valence-electron chi connectivity index (χ0n) is 20.1. The Morgan fingerprint density at radius 2 is 2.04 bits per heavy atom. The Morgan fingerprint density at radius 1 is 1.35 bits per heavy atom. The first-order valence-corrected chi connectivity index (χ1v) is 8.00. The first kappa shape index (κ1) is 10.6. The summed E-state index contributed by atoms with van der Waals surface area (Å²) < 4.78 is 63.0. The minimum Gasteiger partial charge on any atom is -0.493 e. The molecular formula is C19H29NO3. The summed E-state index contributed by atoms with van der Waals surface area (Å²) >= 11 is 0. The summed E-state index contributed by atoms with van der Waals surface area (Å²) in [5.41, 5.74) is 1.20. The number of benzene rings is 1. The molecule has 4 nitrogen and oxygen atoms in total. The molecule has 4 heteroatoms. The van der Waals surface area contributed by atoms with Gasteiger partial charge in [-0.1, -0.05) is 13.8 Å². The van der Waals surface area contributed by atoms with Gasteiger partial charge in [0, 0.05) is 25.9 Å². The van der Waals surface area contributed by atoms with Crippen molar-refractivity contribution in [1.82, 2.24) is 4.90 Å². The van der Waals surface area contributed by atoms with E-state index >= 15 is 0 Å². The molecule has 1 aromatic carbocycles. The second-order valence-electron chi connectivity index (χ2n) is 6.43. The topological polar surface area (TPSA) is 41.9 Å². The smallest absolute Gasteiger partial charge is 0.161 e. The summed E-state index contributed by atoms with van der Waals surface area (Å²) in [5.74, 6) is -1.73. The third-order valence-electron chi connectivity index (χ3n) is 4.32. The van der Waals surface area contributed by atoms with Crippen LogP contribution in [0.1, 0.15) is 52.0 Å². The fourth-order valence-electron chi connectivity index (χ4n) is 3.22. The predicted molar refractivity (Wildman–Crippen MR) is 91.1 cm³/mol. The van der Waals surface area contributed by atoms with Crippen molar-refractivity contribution in [3.63, 3.8) is 0 Å². The maximum atomic E-state index is 11.1. The van der Waals surface area contributed by atoms with Crippen molar-refractivity contribution in [3.8, 4) is 11.5 Å². The summed E-state index contributed by atoms with van der Waals surface area (Å²) in [6.07, 6.45) is -5.31. The molecule has 0 aliphatic carbocycles. The molecule has 1 fully saturated rings. The fourth-order valence-corrected chi connectivity index (χ4v) is 3.22. The van der Waals surface area contributed by atoms with Crippen LogP contribution in [0.25, 0.3) is 0 Å². The van der Waals surface area contributed by atoms with Crippen molar-refractivity contribution >= 4 is 0 Å². The highest BCUT2D eigenvalue weighted by Gasteiger charge is 2.38. The van der Waals surface area contributed by atoms with Crippen LogP contribution in [-0.4, -0.2) is 43.3 Å². The van der Waals surface area contributed by atoms with E-state index < -0.39 is 30.9 Å². The van der Waals surface area contributed by atoms with Crippen LogP contribution >= 0.6 is 0 Å². The Bertz CT molecular complexity index is 800. The van der Waals surface area contributed by atoms with E-state index in [1.165, 1.54) is 19.1 Å². The first-order valence-electron chi connectivity index (χ1n) is 11.0. The zero-order chi connectivity index (χ0) is 22.0. The monoisotopic (exact) mass is 325 g/mol. The molecule has 0 spiro atoms. The number of hydrogen-bond acceptors (Lipinski definition) is 4. The standard InChI is InChI=1S/C19H29NO3/c1-12(2)7-14-11-20-6-5-13-8-18(22-3)19(23-4)9-15(13)16(20)10-17(14)21/h8-9,12,14,16-17,21H,5-7,10-11H2,1-4H3/i10D2,11D2,14D,17D. The van der Waals surface area contributed by atoms with Crippen molar-refractivity contribution in [2.24, 2.45) is 11.8 Å². The van der Waals surface area contributed by atoms with Gasteiger partial charge in [0.2, 0.25) is 0 Å². The van der Waals surface area contributed by atoms with E-state index in [9.17, 15) is 5.11 Å². The van der Waals surface area contributed by atoms with Gasteiger partial charge >= 0.3 is 0 Å². The van der Waals surface area contributed by atoms with Gasteiger partial charge < -0.3 is 14.6 Å². The lowest BCUT2D eigenvalue weighted by atomic mass is 9.79. The predicted octanol–water partition coefficient (Wildman–Crippen LogP) is 3.03. The Kier molecular flexibility index (Phi) is 3.08. The van der Waals surface area contributed by atoms with E-state index in [0.29, 0.717) is 23.5 Å². The van der Waals surface area contributed by atoms with E-state index in [-0.39, 0.29) is 18.9 Å².